The maximum Gasteiger partial charge on any atom is 0.290 e. The average Bonchev–Trinajstić information content (AvgIpc) is 3.37. The number of ketones is 1. The van der Waals surface area contributed by atoms with Gasteiger partial charge in [0.1, 0.15) is 5.58 Å². The van der Waals surface area contributed by atoms with E-state index in [0.717, 1.165) is 24.2 Å². The molecule has 0 spiro atoms. The Morgan fingerprint density at radius 2 is 1.75 bits per heavy atom. The molecule has 1 aliphatic rings. The van der Waals surface area contributed by atoms with Crippen molar-refractivity contribution in [3.8, 4) is 0 Å². The maximum atomic E-state index is 13.7. The molecular weight excluding hydrogens is 476 g/mol. The third-order valence-electron chi connectivity index (χ3n) is 6.89. The minimum Gasteiger partial charge on any atom is -0.503 e. The summed E-state index contributed by atoms with van der Waals surface area (Å²) in [5, 5.41) is 12.2. The molecule has 7 heteroatoms. The Labute approximate surface area is 217 Å². The Morgan fingerprint density at radius 1 is 1.08 bits per heavy atom. The van der Waals surface area contributed by atoms with Crippen LogP contribution < -0.4 is 0 Å². The van der Waals surface area contributed by atoms with Gasteiger partial charge in [0.25, 0.3) is 5.91 Å². The van der Waals surface area contributed by atoms with Crippen LogP contribution in [0.2, 0.25) is 5.02 Å². The molecule has 0 saturated carbocycles. The van der Waals surface area contributed by atoms with Gasteiger partial charge in [0.2, 0.25) is 5.78 Å². The van der Waals surface area contributed by atoms with Crippen molar-refractivity contribution in [2.24, 2.45) is 0 Å². The van der Waals surface area contributed by atoms with Gasteiger partial charge in [0.05, 0.1) is 11.6 Å². The number of fused-ring (bicyclic) bond motifs is 1. The number of hydrogen-bond acceptors (Lipinski definition) is 5. The Hall–Kier alpha value is -3.09. The number of furan rings is 1. The maximum absolute atomic E-state index is 13.7. The third kappa shape index (κ3) is 4.93. The van der Waals surface area contributed by atoms with Gasteiger partial charge in [0, 0.05) is 23.5 Å². The van der Waals surface area contributed by atoms with Crippen molar-refractivity contribution in [2.75, 3.05) is 26.2 Å². The summed E-state index contributed by atoms with van der Waals surface area (Å²) < 4.78 is 5.81. The van der Waals surface area contributed by atoms with E-state index in [1.165, 1.54) is 0 Å². The fourth-order valence-electron chi connectivity index (χ4n) is 4.68. The van der Waals surface area contributed by atoms with Gasteiger partial charge in [-0.25, -0.2) is 0 Å². The second kappa shape index (κ2) is 10.1. The summed E-state index contributed by atoms with van der Waals surface area (Å²) in [7, 11) is 0. The highest BCUT2D eigenvalue weighted by atomic mass is 35.5. The van der Waals surface area contributed by atoms with Crippen molar-refractivity contribution in [1.82, 2.24) is 9.80 Å². The minimum absolute atomic E-state index is 0.0354. The number of carbonyl (C=O) groups excluding carboxylic acids is 2. The molecule has 0 bridgehead atoms. The van der Waals surface area contributed by atoms with Crippen molar-refractivity contribution in [3.05, 3.63) is 81.8 Å². The molecule has 1 amide bonds. The van der Waals surface area contributed by atoms with Gasteiger partial charge in [-0.3, -0.25) is 9.59 Å². The van der Waals surface area contributed by atoms with Crippen molar-refractivity contribution >= 4 is 34.3 Å². The van der Waals surface area contributed by atoms with E-state index in [1.54, 1.807) is 29.2 Å². The number of rotatable bonds is 8. The summed E-state index contributed by atoms with van der Waals surface area (Å²) in [5.41, 5.74) is 2.41. The third-order valence-corrected chi connectivity index (χ3v) is 7.13. The number of benzene rings is 2. The number of amides is 1. The lowest BCUT2D eigenvalue weighted by Crippen LogP contribution is -2.38. The quantitative estimate of drug-likeness (QED) is 0.361. The lowest BCUT2D eigenvalue weighted by Gasteiger charge is -2.29. The number of aliphatic hydroxyl groups is 1. The summed E-state index contributed by atoms with van der Waals surface area (Å²) >= 11 is 6.10. The van der Waals surface area contributed by atoms with Crippen LogP contribution in [-0.2, 0) is 10.2 Å². The Kier molecular flexibility index (Phi) is 7.30. The summed E-state index contributed by atoms with van der Waals surface area (Å²) in [6.07, 6.45) is 0. The lowest BCUT2D eigenvalue weighted by molar-refractivity contribution is -0.129. The fraction of sp³-hybridized carbons (Fsp3) is 0.379. The van der Waals surface area contributed by atoms with Gasteiger partial charge in [0.15, 0.2) is 11.5 Å². The van der Waals surface area contributed by atoms with E-state index in [4.69, 9.17) is 16.0 Å². The SMILES string of the molecule is CCN(CC)CCN1C(=O)C(O)=C(C(=O)c2cc3cc(Cl)ccc3o2)C1c1ccc(C(C)(C)C)cc1. The highest BCUT2D eigenvalue weighted by molar-refractivity contribution is 6.31. The Balaban J connectivity index is 1.76. The molecule has 1 aromatic heterocycles. The molecule has 1 N–H and O–H groups in total. The normalized spacial score (nSPS) is 16.6. The van der Waals surface area contributed by atoms with Crippen LogP contribution in [0.25, 0.3) is 11.0 Å². The molecule has 2 heterocycles. The Bertz CT molecular complexity index is 1310. The highest BCUT2D eigenvalue weighted by Gasteiger charge is 2.44. The lowest BCUT2D eigenvalue weighted by atomic mass is 9.85. The van der Waals surface area contributed by atoms with Gasteiger partial charge in [-0.2, -0.15) is 0 Å². The predicted octanol–water partition coefficient (Wildman–Crippen LogP) is 6.30. The van der Waals surface area contributed by atoms with Crippen LogP contribution in [-0.4, -0.2) is 52.8 Å². The van der Waals surface area contributed by atoms with Crippen LogP contribution in [0, 0.1) is 0 Å². The topological polar surface area (TPSA) is 74.0 Å². The zero-order chi connectivity index (χ0) is 26.2. The standard InChI is InChI=1S/C29H33ClN2O4/c1-6-31(7-2)14-15-32-25(18-8-10-20(11-9-18)29(3,4)5)24(27(34)28(32)35)26(33)23-17-19-16-21(30)12-13-22(19)36-23/h8-13,16-17,25,34H,6-7,14-15H2,1-5H3. The van der Waals surface area contributed by atoms with E-state index in [-0.39, 0.29) is 16.7 Å². The van der Waals surface area contributed by atoms with E-state index in [1.807, 2.05) is 24.3 Å². The van der Waals surface area contributed by atoms with Crippen molar-refractivity contribution in [2.45, 2.75) is 46.1 Å². The summed E-state index contributed by atoms with van der Waals surface area (Å²) in [5.74, 6) is -1.52. The fourth-order valence-corrected chi connectivity index (χ4v) is 4.86. The molecule has 0 saturated heterocycles. The van der Waals surface area contributed by atoms with Gasteiger partial charge in [-0.05, 0) is 53.9 Å². The Morgan fingerprint density at radius 3 is 2.36 bits per heavy atom. The molecule has 1 unspecified atom stereocenters. The van der Waals surface area contributed by atoms with Gasteiger partial charge < -0.3 is 19.3 Å². The van der Waals surface area contributed by atoms with Gasteiger partial charge in [-0.15, -0.1) is 0 Å². The first kappa shape index (κ1) is 26.0. The first-order chi connectivity index (χ1) is 17.0. The predicted molar refractivity (Wildman–Crippen MR) is 143 cm³/mol. The number of likely N-dealkylation sites (N-methyl/N-ethyl adjacent to an activating group) is 1. The largest absolute Gasteiger partial charge is 0.503 e. The number of Topliss-reactive ketones (excluding diaryl/α,β-unsaturated/α-hetero) is 1. The number of aliphatic hydroxyl groups excluding tert-OH is 1. The van der Waals surface area contributed by atoms with E-state index < -0.39 is 23.5 Å². The van der Waals surface area contributed by atoms with Crippen molar-refractivity contribution in [1.29, 1.82) is 0 Å². The van der Waals surface area contributed by atoms with Crippen molar-refractivity contribution < 1.29 is 19.1 Å². The molecular formula is C29H33ClN2O4. The van der Waals surface area contributed by atoms with Crippen LogP contribution in [0.15, 0.2) is 64.3 Å². The molecule has 36 heavy (non-hydrogen) atoms. The molecule has 3 aromatic rings. The van der Waals surface area contributed by atoms with Crippen LogP contribution in [0.4, 0.5) is 0 Å². The molecule has 2 aromatic carbocycles. The van der Waals surface area contributed by atoms with E-state index in [9.17, 15) is 14.7 Å². The molecule has 1 aliphatic heterocycles. The van der Waals surface area contributed by atoms with Crippen LogP contribution >= 0.6 is 11.6 Å². The highest BCUT2D eigenvalue weighted by Crippen LogP contribution is 2.40. The van der Waals surface area contributed by atoms with Crippen LogP contribution in [0.3, 0.4) is 0 Å². The van der Waals surface area contributed by atoms with E-state index in [0.29, 0.717) is 29.1 Å². The summed E-state index contributed by atoms with van der Waals surface area (Å²) in [4.78, 5) is 30.8. The first-order valence-electron chi connectivity index (χ1n) is 12.4. The van der Waals surface area contributed by atoms with E-state index in [2.05, 4.69) is 39.5 Å². The number of hydrogen-bond donors (Lipinski definition) is 1. The molecule has 6 nitrogen and oxygen atoms in total. The average molecular weight is 509 g/mol. The minimum atomic E-state index is -0.716. The van der Waals surface area contributed by atoms with Crippen molar-refractivity contribution in [3.63, 3.8) is 0 Å². The smallest absolute Gasteiger partial charge is 0.290 e. The molecule has 0 radical (unpaired) electrons. The van der Waals surface area contributed by atoms with E-state index >= 15 is 0 Å². The summed E-state index contributed by atoms with van der Waals surface area (Å²) in [6.45, 7) is 13.2. The molecule has 1 atom stereocenters. The number of carbonyl (C=O) groups is 2. The van der Waals surface area contributed by atoms with Crippen LogP contribution in [0.1, 0.15) is 62.3 Å². The monoisotopic (exact) mass is 508 g/mol. The number of nitrogens with zero attached hydrogens (tertiary/aromatic N) is 2. The first-order valence-corrected chi connectivity index (χ1v) is 12.7. The number of halogens is 1. The van der Waals surface area contributed by atoms with Crippen LogP contribution in [0.5, 0.6) is 0 Å². The molecule has 0 fully saturated rings. The van der Waals surface area contributed by atoms with Gasteiger partial charge >= 0.3 is 0 Å². The van der Waals surface area contributed by atoms with Gasteiger partial charge in [-0.1, -0.05) is 70.5 Å². The second-order valence-corrected chi connectivity index (χ2v) is 10.6. The second-order valence-electron chi connectivity index (χ2n) is 10.2. The zero-order valence-electron chi connectivity index (χ0n) is 21.5. The molecule has 0 aliphatic carbocycles. The zero-order valence-corrected chi connectivity index (χ0v) is 22.2. The molecule has 4 rings (SSSR count). The molecule has 190 valence electrons. The summed E-state index contributed by atoms with van der Waals surface area (Å²) in [6, 6.07) is 13.9.